The second-order valence-electron chi connectivity index (χ2n) is 3.49. The lowest BCUT2D eigenvalue weighted by atomic mass is 9.89. The maximum absolute atomic E-state index is 10.5. The first kappa shape index (κ1) is 10.6. The van der Waals surface area contributed by atoms with Crippen molar-refractivity contribution in [1.29, 1.82) is 0 Å². The predicted octanol–water partition coefficient (Wildman–Crippen LogP) is 3.05. The van der Waals surface area contributed by atoms with Crippen LogP contribution in [0.2, 0.25) is 0 Å². The molecule has 72 valence electrons. The topological polar surface area (TPSA) is 29.4 Å². The highest BCUT2D eigenvalue weighted by atomic mass is 31.0. The fourth-order valence-corrected chi connectivity index (χ4v) is 2.25. The van der Waals surface area contributed by atoms with Crippen molar-refractivity contribution in [3.63, 3.8) is 0 Å². The first-order valence-electron chi connectivity index (χ1n) is 4.57. The Labute approximate surface area is 81.7 Å². The van der Waals surface area contributed by atoms with Crippen LogP contribution in [0.5, 0.6) is 0 Å². The van der Waals surface area contributed by atoms with E-state index in [4.69, 9.17) is 0 Å². The average molecular weight is 197 g/mol. The van der Waals surface area contributed by atoms with Crippen LogP contribution in [0.3, 0.4) is 0 Å². The van der Waals surface area contributed by atoms with Gasteiger partial charge < -0.3 is 0 Å². The first-order valence-corrected chi connectivity index (χ1v) is 5.24. The van der Waals surface area contributed by atoms with Gasteiger partial charge in [0.2, 0.25) is 0 Å². The number of rotatable bonds is 2. The second-order valence-corrected chi connectivity index (χ2v) is 4.16. The van der Waals surface area contributed by atoms with Gasteiger partial charge in [-0.3, -0.25) is 0 Å². The maximum Gasteiger partial charge on any atom is 0.131 e. The minimum absolute atomic E-state index is 0.230. The molecule has 0 amide bonds. The van der Waals surface area contributed by atoms with Crippen molar-refractivity contribution in [2.45, 2.75) is 38.9 Å². The lowest BCUT2D eigenvalue weighted by Crippen LogP contribution is -2.18. The lowest BCUT2D eigenvalue weighted by Gasteiger charge is -2.25. The van der Waals surface area contributed by atoms with Gasteiger partial charge in [0.15, 0.2) is 0 Å². The Hall–Kier alpha value is -0.490. The molecule has 0 aliphatic heterocycles. The monoisotopic (exact) mass is 197 g/mol. The van der Waals surface area contributed by atoms with Crippen LogP contribution >= 0.6 is 9.24 Å². The third kappa shape index (κ3) is 1.88. The van der Waals surface area contributed by atoms with Crippen LogP contribution < -0.4 is 0 Å². The minimum atomic E-state index is -0.230. The molecule has 0 aromatic carbocycles. The lowest BCUT2D eigenvalue weighted by molar-refractivity contribution is 0.833. The zero-order chi connectivity index (χ0) is 10.0. The highest BCUT2D eigenvalue weighted by molar-refractivity contribution is 7.18. The minimum Gasteiger partial charge on any atom is -0.150 e. The predicted molar refractivity (Wildman–Crippen MR) is 59.8 cm³/mol. The molecular formula is C10H16NOP. The van der Waals surface area contributed by atoms with Gasteiger partial charge >= 0.3 is 0 Å². The Kier molecular flexibility index (Phi) is 3.38. The Bertz CT molecular complexity index is 281. The molecule has 0 radical (unpaired) electrons. The van der Waals surface area contributed by atoms with Crippen molar-refractivity contribution in [2.75, 3.05) is 0 Å². The van der Waals surface area contributed by atoms with E-state index >= 15 is 0 Å². The molecule has 0 aromatic rings. The van der Waals surface area contributed by atoms with Gasteiger partial charge in [-0.2, -0.15) is 0 Å². The number of hydrogen-bond acceptors (Lipinski definition) is 2. The molecule has 1 rings (SSSR count). The van der Waals surface area contributed by atoms with E-state index in [0.29, 0.717) is 5.66 Å². The fraction of sp³-hybridized carbons (Fsp3) is 0.600. The molecule has 3 heteroatoms. The summed E-state index contributed by atoms with van der Waals surface area (Å²) in [5.74, 6) is 0. The number of allylic oxidation sites excluding steroid dienone is 2. The molecule has 0 saturated heterocycles. The zero-order valence-corrected chi connectivity index (χ0v) is 9.53. The van der Waals surface area contributed by atoms with Gasteiger partial charge in [0.25, 0.3) is 0 Å². The van der Waals surface area contributed by atoms with Crippen molar-refractivity contribution in [1.82, 2.24) is 0 Å². The molecule has 1 aliphatic carbocycles. The summed E-state index contributed by atoms with van der Waals surface area (Å²) in [4.78, 5) is 10.5. The van der Waals surface area contributed by atoms with E-state index in [1.165, 1.54) is 11.1 Å². The Morgan fingerprint density at radius 2 is 2.08 bits per heavy atom. The summed E-state index contributed by atoms with van der Waals surface area (Å²) in [6.07, 6.45) is 2.98. The van der Waals surface area contributed by atoms with Gasteiger partial charge in [-0.05, 0) is 25.8 Å². The quantitative estimate of drug-likeness (QED) is 0.380. The summed E-state index contributed by atoms with van der Waals surface area (Å²) in [7, 11) is 2.82. The van der Waals surface area contributed by atoms with Crippen molar-refractivity contribution in [2.24, 2.45) is 5.18 Å². The highest BCUT2D eigenvalue weighted by Gasteiger charge is 2.22. The van der Waals surface area contributed by atoms with Gasteiger partial charge in [0, 0.05) is 5.66 Å². The van der Waals surface area contributed by atoms with Crippen LogP contribution in [0.4, 0.5) is 0 Å². The number of nitrogens with zero attached hydrogens (tertiary/aromatic N) is 1. The standard InChI is InChI=1S/C10H16NOP/c1-4-8-5-9(11-12)6(2)7(3)10(8)13/h5,9-10H,4,13H2,1-3H3. The van der Waals surface area contributed by atoms with Gasteiger partial charge in [0.1, 0.15) is 6.04 Å². The third-order valence-electron chi connectivity index (χ3n) is 2.83. The van der Waals surface area contributed by atoms with Crippen LogP contribution in [0, 0.1) is 4.91 Å². The third-order valence-corrected chi connectivity index (χ3v) is 3.75. The smallest absolute Gasteiger partial charge is 0.131 e. The van der Waals surface area contributed by atoms with Gasteiger partial charge in [-0.1, -0.05) is 29.3 Å². The summed E-state index contributed by atoms with van der Waals surface area (Å²) >= 11 is 0. The molecule has 0 heterocycles. The van der Waals surface area contributed by atoms with Crippen molar-refractivity contribution < 1.29 is 0 Å². The summed E-state index contributed by atoms with van der Waals surface area (Å²) < 4.78 is 0. The summed E-state index contributed by atoms with van der Waals surface area (Å²) in [6.45, 7) is 6.17. The molecule has 1 aliphatic rings. The van der Waals surface area contributed by atoms with Gasteiger partial charge in [-0.25, -0.2) is 0 Å². The Morgan fingerprint density at radius 1 is 1.46 bits per heavy atom. The zero-order valence-electron chi connectivity index (χ0n) is 8.37. The van der Waals surface area contributed by atoms with Crippen molar-refractivity contribution in [3.05, 3.63) is 27.7 Å². The molecule has 0 fully saturated rings. The normalized spacial score (nSPS) is 28.8. The summed E-state index contributed by atoms with van der Waals surface area (Å²) in [5.41, 5.74) is 4.09. The molecule has 13 heavy (non-hydrogen) atoms. The molecule has 0 bridgehead atoms. The van der Waals surface area contributed by atoms with E-state index in [1.807, 2.05) is 13.0 Å². The van der Waals surface area contributed by atoms with E-state index < -0.39 is 0 Å². The SMILES string of the molecule is CCC1=CC(N=O)C(C)=C(C)C1P. The van der Waals surface area contributed by atoms with E-state index in [-0.39, 0.29) is 6.04 Å². The summed E-state index contributed by atoms with van der Waals surface area (Å²) in [6, 6.07) is -0.230. The van der Waals surface area contributed by atoms with E-state index in [1.54, 1.807) is 0 Å². The van der Waals surface area contributed by atoms with Crippen LogP contribution in [0.15, 0.2) is 28.0 Å². The number of hydrogen-bond donors (Lipinski definition) is 0. The molecule has 3 atom stereocenters. The molecule has 0 aromatic heterocycles. The molecule has 0 saturated carbocycles. The van der Waals surface area contributed by atoms with Gasteiger partial charge in [-0.15, -0.1) is 14.1 Å². The highest BCUT2D eigenvalue weighted by Crippen LogP contribution is 2.33. The molecule has 2 nitrogen and oxygen atoms in total. The summed E-state index contributed by atoms with van der Waals surface area (Å²) in [5, 5.41) is 3.12. The van der Waals surface area contributed by atoms with E-state index in [2.05, 4.69) is 28.3 Å². The first-order chi connectivity index (χ1) is 6.11. The van der Waals surface area contributed by atoms with Crippen LogP contribution in [0.25, 0.3) is 0 Å². The average Bonchev–Trinajstić information content (AvgIpc) is 2.15. The molecular weight excluding hydrogens is 181 g/mol. The molecule has 3 unspecified atom stereocenters. The van der Waals surface area contributed by atoms with Crippen LogP contribution in [-0.4, -0.2) is 11.7 Å². The second kappa shape index (κ2) is 4.15. The molecule has 0 spiro atoms. The van der Waals surface area contributed by atoms with Crippen molar-refractivity contribution in [3.8, 4) is 0 Å². The van der Waals surface area contributed by atoms with Crippen LogP contribution in [-0.2, 0) is 0 Å². The van der Waals surface area contributed by atoms with Crippen LogP contribution in [0.1, 0.15) is 27.2 Å². The van der Waals surface area contributed by atoms with Crippen molar-refractivity contribution >= 4 is 9.24 Å². The Morgan fingerprint density at radius 3 is 2.54 bits per heavy atom. The van der Waals surface area contributed by atoms with E-state index in [9.17, 15) is 4.91 Å². The largest absolute Gasteiger partial charge is 0.150 e. The van der Waals surface area contributed by atoms with Gasteiger partial charge in [0.05, 0.1) is 0 Å². The Balaban J connectivity index is 3.03. The fourth-order valence-electron chi connectivity index (χ4n) is 1.64. The number of nitroso groups, excluding NO2 is 1. The maximum atomic E-state index is 10.5. The molecule has 0 N–H and O–H groups in total. The van der Waals surface area contributed by atoms with E-state index in [0.717, 1.165) is 12.0 Å².